The number of amides is 1. The summed E-state index contributed by atoms with van der Waals surface area (Å²) in [4.78, 5) is 27.5. The van der Waals surface area contributed by atoms with Crippen LogP contribution in [0.5, 0.6) is 5.75 Å². The second-order valence-corrected chi connectivity index (χ2v) is 6.04. The number of para-hydroxylation sites is 1. The van der Waals surface area contributed by atoms with Crippen LogP contribution in [0.25, 0.3) is 0 Å². The summed E-state index contributed by atoms with van der Waals surface area (Å²) in [7, 11) is 0. The number of benzene rings is 1. The number of carbonyl (C=O) groups excluding carboxylic acids is 2. The first-order valence-electron chi connectivity index (χ1n) is 6.96. The van der Waals surface area contributed by atoms with E-state index in [1.807, 2.05) is 0 Å². The average molecular weight is 393 g/mol. The second kappa shape index (κ2) is 8.30. The highest BCUT2D eigenvalue weighted by Gasteiger charge is 2.29. The predicted molar refractivity (Wildman–Crippen MR) is 87.2 cm³/mol. The van der Waals surface area contributed by atoms with Crippen LogP contribution in [0.15, 0.2) is 29.6 Å². The molecule has 0 aliphatic rings. The van der Waals surface area contributed by atoms with Crippen molar-refractivity contribution in [3.63, 3.8) is 0 Å². The number of esters is 1. The Bertz CT molecular complexity index is 764. The standard InChI is InChI=1S/C15H12ClF3N2O3S/c16-6-5-12(22)24-11-4-2-1-3-10(11)13(23)21-14-20-9(8-25-14)7-15(17,18)19/h1-4,8H,5-7H2,(H,20,21,23). The molecule has 5 nitrogen and oxygen atoms in total. The van der Waals surface area contributed by atoms with Crippen molar-refractivity contribution in [3.05, 3.63) is 40.9 Å². The van der Waals surface area contributed by atoms with E-state index >= 15 is 0 Å². The van der Waals surface area contributed by atoms with E-state index in [9.17, 15) is 22.8 Å². The number of alkyl halides is 4. The van der Waals surface area contributed by atoms with Gasteiger partial charge in [0.15, 0.2) is 5.13 Å². The third kappa shape index (κ3) is 6.02. The predicted octanol–water partition coefficient (Wildman–Crippen LogP) is 4.03. The van der Waals surface area contributed by atoms with E-state index in [0.29, 0.717) is 0 Å². The van der Waals surface area contributed by atoms with Gasteiger partial charge in [0.1, 0.15) is 5.75 Å². The van der Waals surface area contributed by atoms with E-state index in [4.69, 9.17) is 16.3 Å². The fourth-order valence-corrected chi connectivity index (χ4v) is 2.67. The van der Waals surface area contributed by atoms with Crippen LogP contribution < -0.4 is 10.1 Å². The Morgan fingerprint density at radius 2 is 2.00 bits per heavy atom. The molecule has 0 spiro atoms. The van der Waals surface area contributed by atoms with Crippen LogP contribution in [-0.2, 0) is 11.2 Å². The van der Waals surface area contributed by atoms with Gasteiger partial charge in [-0.2, -0.15) is 13.2 Å². The Morgan fingerprint density at radius 1 is 1.28 bits per heavy atom. The maximum atomic E-state index is 12.3. The zero-order chi connectivity index (χ0) is 18.4. The van der Waals surface area contributed by atoms with Crippen molar-refractivity contribution in [2.75, 3.05) is 11.2 Å². The molecular weight excluding hydrogens is 381 g/mol. The normalized spacial score (nSPS) is 11.2. The van der Waals surface area contributed by atoms with Crippen molar-refractivity contribution in [1.82, 2.24) is 4.98 Å². The molecule has 0 aliphatic carbocycles. The Hall–Kier alpha value is -2.13. The summed E-state index contributed by atoms with van der Waals surface area (Å²) in [6.45, 7) is 0. The minimum atomic E-state index is -4.38. The molecule has 2 rings (SSSR count). The molecule has 1 amide bonds. The van der Waals surface area contributed by atoms with Gasteiger partial charge < -0.3 is 4.74 Å². The van der Waals surface area contributed by atoms with E-state index < -0.39 is 24.5 Å². The maximum Gasteiger partial charge on any atom is 0.394 e. The third-order valence-electron chi connectivity index (χ3n) is 2.81. The van der Waals surface area contributed by atoms with Crippen molar-refractivity contribution < 1.29 is 27.5 Å². The fourth-order valence-electron chi connectivity index (χ4n) is 1.81. The molecule has 0 unspecified atom stereocenters. The lowest BCUT2D eigenvalue weighted by Gasteiger charge is -2.09. The second-order valence-electron chi connectivity index (χ2n) is 4.80. The van der Waals surface area contributed by atoms with Gasteiger partial charge in [0, 0.05) is 11.3 Å². The van der Waals surface area contributed by atoms with E-state index in [1.54, 1.807) is 12.1 Å². The van der Waals surface area contributed by atoms with Crippen LogP contribution in [-0.4, -0.2) is 28.9 Å². The maximum absolute atomic E-state index is 12.3. The highest BCUT2D eigenvalue weighted by molar-refractivity contribution is 7.14. The van der Waals surface area contributed by atoms with Crippen LogP contribution in [0.4, 0.5) is 18.3 Å². The fraction of sp³-hybridized carbons (Fsp3) is 0.267. The lowest BCUT2D eigenvalue weighted by Crippen LogP contribution is -2.16. The lowest BCUT2D eigenvalue weighted by atomic mass is 10.2. The monoisotopic (exact) mass is 392 g/mol. The van der Waals surface area contributed by atoms with Crippen molar-refractivity contribution >= 4 is 39.9 Å². The number of anilines is 1. The van der Waals surface area contributed by atoms with Crippen LogP contribution in [0.2, 0.25) is 0 Å². The average Bonchev–Trinajstić information content (AvgIpc) is 2.92. The SMILES string of the molecule is O=C(CCCl)Oc1ccccc1C(=O)Nc1nc(CC(F)(F)F)cs1. The van der Waals surface area contributed by atoms with E-state index in [1.165, 1.54) is 17.5 Å². The van der Waals surface area contributed by atoms with Gasteiger partial charge in [0.25, 0.3) is 5.91 Å². The number of ether oxygens (including phenoxy) is 1. The number of nitrogens with one attached hydrogen (secondary N) is 1. The summed E-state index contributed by atoms with van der Waals surface area (Å²) < 4.78 is 42.1. The van der Waals surface area contributed by atoms with Gasteiger partial charge in [-0.15, -0.1) is 22.9 Å². The van der Waals surface area contributed by atoms with Crippen LogP contribution in [0.1, 0.15) is 22.5 Å². The molecule has 0 saturated carbocycles. The minimum absolute atomic E-state index is 0.0196. The van der Waals surface area contributed by atoms with Gasteiger partial charge in [-0.25, -0.2) is 4.98 Å². The first-order chi connectivity index (χ1) is 11.8. The first kappa shape index (κ1) is 19.2. The van der Waals surface area contributed by atoms with Gasteiger partial charge in [0.2, 0.25) is 0 Å². The number of halogens is 4. The quantitative estimate of drug-likeness (QED) is 0.458. The van der Waals surface area contributed by atoms with Gasteiger partial charge in [-0.1, -0.05) is 12.1 Å². The zero-order valence-corrected chi connectivity index (χ0v) is 14.2. The van der Waals surface area contributed by atoms with E-state index in [2.05, 4.69) is 10.3 Å². The Morgan fingerprint density at radius 3 is 2.68 bits per heavy atom. The van der Waals surface area contributed by atoms with Gasteiger partial charge >= 0.3 is 12.1 Å². The number of hydrogen-bond acceptors (Lipinski definition) is 5. The molecule has 0 atom stereocenters. The summed E-state index contributed by atoms with van der Waals surface area (Å²) >= 11 is 6.33. The van der Waals surface area contributed by atoms with E-state index in [-0.39, 0.29) is 34.4 Å². The largest absolute Gasteiger partial charge is 0.426 e. The number of nitrogens with zero attached hydrogens (tertiary/aromatic N) is 1. The molecule has 0 saturated heterocycles. The molecule has 1 aromatic heterocycles. The van der Waals surface area contributed by atoms with Crippen molar-refractivity contribution in [2.45, 2.75) is 19.0 Å². The Balaban J connectivity index is 2.10. The first-order valence-corrected chi connectivity index (χ1v) is 8.38. The summed E-state index contributed by atoms with van der Waals surface area (Å²) in [5.41, 5.74) is -0.132. The summed E-state index contributed by atoms with van der Waals surface area (Å²) in [5.74, 6) is -1.14. The molecule has 0 bridgehead atoms. The number of hydrogen-bond donors (Lipinski definition) is 1. The number of aromatic nitrogens is 1. The van der Waals surface area contributed by atoms with Gasteiger partial charge in [-0.3, -0.25) is 14.9 Å². The van der Waals surface area contributed by atoms with E-state index in [0.717, 1.165) is 11.3 Å². The number of carbonyl (C=O) groups is 2. The van der Waals surface area contributed by atoms with Crippen molar-refractivity contribution in [2.24, 2.45) is 0 Å². The highest BCUT2D eigenvalue weighted by Crippen LogP contribution is 2.25. The molecule has 2 aromatic rings. The van der Waals surface area contributed by atoms with Gasteiger partial charge in [0.05, 0.1) is 24.1 Å². The molecular formula is C15H12ClF3N2O3S. The molecule has 1 heterocycles. The smallest absolute Gasteiger partial charge is 0.394 e. The lowest BCUT2D eigenvalue weighted by molar-refractivity contribution is -0.134. The topological polar surface area (TPSA) is 68.3 Å². The molecule has 0 fully saturated rings. The van der Waals surface area contributed by atoms with Crippen LogP contribution >= 0.6 is 22.9 Å². The Kier molecular flexibility index (Phi) is 6.38. The summed E-state index contributed by atoms with van der Waals surface area (Å²) in [6.07, 6.45) is -5.57. The van der Waals surface area contributed by atoms with Crippen molar-refractivity contribution in [3.8, 4) is 5.75 Å². The zero-order valence-electron chi connectivity index (χ0n) is 12.6. The summed E-state index contributed by atoms with van der Waals surface area (Å²) in [5, 5.41) is 3.63. The molecule has 1 aromatic carbocycles. The molecule has 0 aliphatic heterocycles. The van der Waals surface area contributed by atoms with Gasteiger partial charge in [-0.05, 0) is 12.1 Å². The van der Waals surface area contributed by atoms with Crippen LogP contribution in [0, 0.1) is 0 Å². The molecule has 25 heavy (non-hydrogen) atoms. The summed E-state index contributed by atoms with van der Waals surface area (Å²) in [6, 6.07) is 5.98. The highest BCUT2D eigenvalue weighted by atomic mass is 35.5. The van der Waals surface area contributed by atoms with Crippen LogP contribution in [0.3, 0.4) is 0 Å². The van der Waals surface area contributed by atoms with Crippen molar-refractivity contribution in [1.29, 1.82) is 0 Å². The third-order valence-corrected chi connectivity index (χ3v) is 3.80. The molecule has 134 valence electrons. The Labute approximate surface area is 149 Å². The molecule has 1 N–H and O–H groups in total. The molecule has 0 radical (unpaired) electrons. The number of rotatable bonds is 6. The molecule has 10 heteroatoms. The minimum Gasteiger partial charge on any atom is -0.426 e. The number of thiazole rings is 1.